The van der Waals surface area contributed by atoms with Crippen molar-refractivity contribution in [2.24, 2.45) is 11.8 Å². The lowest BCUT2D eigenvalue weighted by atomic mass is 9.53. The lowest BCUT2D eigenvalue weighted by molar-refractivity contribution is -0.132. The summed E-state index contributed by atoms with van der Waals surface area (Å²) in [5.41, 5.74) is 3.85. The number of halogens is 2. The fourth-order valence-electron chi connectivity index (χ4n) is 11.8. The molecule has 4 bridgehead atoms. The van der Waals surface area contributed by atoms with Gasteiger partial charge in [-0.1, -0.05) is 42.5 Å². The van der Waals surface area contributed by atoms with Crippen LogP contribution >= 0.6 is 55.4 Å². The Morgan fingerprint density at radius 3 is 1.65 bits per heavy atom. The number of fused-ring (bicyclic) bond motifs is 2. The van der Waals surface area contributed by atoms with Crippen LogP contribution in [-0.4, -0.2) is 91.0 Å². The van der Waals surface area contributed by atoms with Crippen LogP contribution in [0.5, 0.6) is 17.2 Å². The van der Waals surface area contributed by atoms with Gasteiger partial charge >= 0.3 is 5.97 Å². The molecule has 340 valence electrons. The number of likely N-dealkylation sites (N-methyl/N-ethyl adjacent to an activating group) is 2. The molecule has 14 heteroatoms. The first-order valence-corrected chi connectivity index (χ1v) is 25.2. The van der Waals surface area contributed by atoms with Crippen molar-refractivity contribution < 1.29 is 38.8 Å². The van der Waals surface area contributed by atoms with E-state index in [1.165, 1.54) is 14.0 Å². The van der Waals surface area contributed by atoms with Crippen molar-refractivity contribution in [1.29, 1.82) is 0 Å². The van der Waals surface area contributed by atoms with E-state index in [2.05, 4.69) is 80.0 Å². The van der Waals surface area contributed by atoms with Gasteiger partial charge in [-0.3, -0.25) is 14.4 Å². The Morgan fingerprint density at radius 2 is 1.17 bits per heavy atom. The molecular weight excluding hydrogens is 993 g/mol. The van der Waals surface area contributed by atoms with Gasteiger partial charge in [-0.15, -0.1) is 23.5 Å². The van der Waals surface area contributed by atoms with Crippen molar-refractivity contribution in [2.45, 2.75) is 82.7 Å². The van der Waals surface area contributed by atoms with Gasteiger partial charge in [0, 0.05) is 84.4 Å². The summed E-state index contributed by atoms with van der Waals surface area (Å²) >= 11 is 11.0. The predicted molar refractivity (Wildman–Crippen MR) is 260 cm³/mol. The molecule has 2 saturated heterocycles. The first-order valence-electron chi connectivity index (χ1n) is 21.8. The van der Waals surface area contributed by atoms with Crippen LogP contribution in [0.4, 0.5) is 0 Å². The van der Waals surface area contributed by atoms with Gasteiger partial charge in [-0.25, -0.2) is 0 Å². The monoisotopic (exact) mass is 1040 g/mol. The highest BCUT2D eigenvalue weighted by Gasteiger charge is 2.61. The Hall–Kier alpha value is -4.05. The second-order valence-electron chi connectivity index (χ2n) is 18.1. The number of phenols is 2. The second-order valence-corrected chi connectivity index (χ2v) is 22.2. The highest BCUT2D eigenvalue weighted by Crippen LogP contribution is 2.65. The standard InChI is InChI=1S/C27H28BrNO4S.C24H24BrNO4S/c1-15-9-10-17-23(25(15)33-16(2)30)27-11-12-29(3)24(18(27)13-21(32-4)20(31)14-27)26(17)34-22-8-6-5-7-19(22)28;1-26-10-9-24-12-17(28)18(30-2)11-14(24)21(26)23(31-19-6-4-3-5-15(19)25)13-7-8-16(27)22(29)20(13)24/h5-10,13,18,24,26H,11-12,14H2,1-4H3;3-8,11,14,21,23,27,29H,9-10,12H2,1-2H3/t18-,24-,26-,27-;14-,21-,23-,24-/m11/s1. The summed E-state index contributed by atoms with van der Waals surface area (Å²) in [6, 6.07) is 24.3. The number of likely N-dealkylation sites (tertiary alicyclic amines) is 2. The van der Waals surface area contributed by atoms with Crippen molar-refractivity contribution in [3.05, 3.63) is 133 Å². The number of Topliss-reactive ketones (excluding diaryl/α,β-unsaturated/α-hetero) is 2. The van der Waals surface area contributed by atoms with E-state index >= 15 is 0 Å². The van der Waals surface area contributed by atoms with Gasteiger partial charge in [0.15, 0.2) is 34.6 Å². The number of carbonyl (C=O) groups is 3. The maximum atomic E-state index is 13.2. The average Bonchev–Trinajstić information content (AvgIpc) is 3.27. The number of rotatable bonds is 7. The Morgan fingerprint density at radius 1 is 0.708 bits per heavy atom. The summed E-state index contributed by atoms with van der Waals surface area (Å²) in [7, 11) is 7.41. The van der Waals surface area contributed by atoms with Gasteiger partial charge in [-0.2, -0.15) is 0 Å². The zero-order valence-electron chi connectivity index (χ0n) is 37.1. The third-order valence-corrected chi connectivity index (χ3v) is 19.4. The summed E-state index contributed by atoms with van der Waals surface area (Å²) in [4.78, 5) is 45.3. The summed E-state index contributed by atoms with van der Waals surface area (Å²) in [5.74, 6) is 0.898. The van der Waals surface area contributed by atoms with E-state index in [1.54, 1.807) is 24.9 Å². The molecule has 4 aromatic rings. The fraction of sp³-hybridized carbons (Fsp3) is 0.392. The molecule has 4 aliphatic carbocycles. The van der Waals surface area contributed by atoms with Crippen LogP contribution in [0.1, 0.15) is 70.9 Å². The van der Waals surface area contributed by atoms with E-state index in [0.717, 1.165) is 72.5 Å². The molecule has 10 rings (SSSR count). The molecule has 8 atom stereocenters. The summed E-state index contributed by atoms with van der Waals surface area (Å²) in [6.07, 6.45) is 6.20. The number of carbonyl (C=O) groups excluding carboxylic acids is 3. The Balaban J connectivity index is 0.000000165. The van der Waals surface area contributed by atoms with E-state index in [1.807, 2.05) is 73.3 Å². The van der Waals surface area contributed by atoms with E-state index in [0.29, 0.717) is 23.7 Å². The maximum Gasteiger partial charge on any atom is 0.308 e. The largest absolute Gasteiger partial charge is 0.504 e. The summed E-state index contributed by atoms with van der Waals surface area (Å²) < 4.78 is 18.9. The summed E-state index contributed by atoms with van der Waals surface area (Å²) in [5, 5.41) is 21.5. The number of hydrogen-bond donors (Lipinski definition) is 2. The number of methoxy groups -OCH3 is 2. The maximum absolute atomic E-state index is 13.2. The minimum atomic E-state index is -0.542. The number of benzene rings is 4. The molecule has 0 unspecified atom stereocenters. The number of phenolic OH excluding ortho intramolecular Hbond substituents is 2. The topological polar surface area (TPSA) is 126 Å². The summed E-state index contributed by atoms with van der Waals surface area (Å²) in [6.45, 7) is 5.09. The van der Waals surface area contributed by atoms with Crippen LogP contribution in [-0.2, 0) is 34.7 Å². The molecule has 0 spiro atoms. The SMILES string of the molecule is COC1=C[C@@H]2[C@@H]3[C@H](Sc4ccccc4Br)c4ccc(C)c(OC(C)=O)c4[C@]2(CCN3C)CC1=O.COC1=C[C@@H]2[C@@H]3[C@H](Sc4ccccc4Br)c4ccc(O)c(O)c4[C@]2(CCN3C)CC1=O. The minimum Gasteiger partial charge on any atom is -0.504 e. The molecule has 0 aromatic heterocycles. The van der Waals surface area contributed by atoms with Crippen LogP contribution in [0.15, 0.2) is 115 Å². The van der Waals surface area contributed by atoms with Crippen LogP contribution in [0, 0.1) is 18.8 Å². The zero-order chi connectivity index (χ0) is 46.1. The number of aryl methyl sites for hydroxylation is 1. The van der Waals surface area contributed by atoms with Crippen molar-refractivity contribution in [1.82, 2.24) is 9.80 Å². The number of allylic oxidation sites excluding steroid dienone is 2. The van der Waals surface area contributed by atoms with Crippen molar-refractivity contribution in [3.8, 4) is 17.2 Å². The van der Waals surface area contributed by atoms with E-state index < -0.39 is 10.8 Å². The van der Waals surface area contributed by atoms with Gasteiger partial charge in [0.25, 0.3) is 0 Å². The Labute approximate surface area is 405 Å². The van der Waals surface area contributed by atoms with Gasteiger partial charge in [0.05, 0.1) is 24.7 Å². The number of ketones is 2. The zero-order valence-corrected chi connectivity index (χ0v) is 41.9. The molecule has 2 N–H and O–H groups in total. The molecule has 4 aromatic carbocycles. The quantitative estimate of drug-likeness (QED) is 0.104. The Kier molecular flexibility index (Phi) is 12.7. The van der Waals surface area contributed by atoms with Crippen LogP contribution in [0.2, 0.25) is 0 Å². The first kappa shape index (κ1) is 46.1. The molecule has 2 fully saturated rings. The molecule has 10 nitrogen and oxygen atoms in total. The van der Waals surface area contributed by atoms with Gasteiger partial charge < -0.3 is 34.2 Å². The normalized spacial score (nSPS) is 28.8. The lowest BCUT2D eigenvalue weighted by Crippen LogP contribution is -2.61. The third-order valence-electron chi connectivity index (χ3n) is 14.7. The minimum absolute atomic E-state index is 0.00573. The molecule has 0 saturated carbocycles. The molecular formula is C51H52Br2N2O8S2. The number of hydrogen-bond acceptors (Lipinski definition) is 12. The third kappa shape index (κ3) is 7.68. The van der Waals surface area contributed by atoms with Crippen LogP contribution < -0.4 is 4.74 Å². The number of esters is 1. The Bertz CT molecular complexity index is 2670. The van der Waals surface area contributed by atoms with E-state index in [9.17, 15) is 24.6 Å². The van der Waals surface area contributed by atoms with Gasteiger partial charge in [-0.05, 0) is 138 Å². The molecule has 6 aliphatic rings. The van der Waals surface area contributed by atoms with Crippen molar-refractivity contribution in [3.63, 3.8) is 0 Å². The van der Waals surface area contributed by atoms with Crippen molar-refractivity contribution >= 4 is 72.9 Å². The van der Waals surface area contributed by atoms with Crippen molar-refractivity contribution in [2.75, 3.05) is 41.4 Å². The number of nitrogens with zero attached hydrogens (tertiary/aromatic N) is 2. The van der Waals surface area contributed by atoms with Crippen LogP contribution in [0.25, 0.3) is 0 Å². The molecule has 0 radical (unpaired) electrons. The van der Waals surface area contributed by atoms with Gasteiger partial charge in [0.2, 0.25) is 0 Å². The second kappa shape index (κ2) is 17.9. The number of ether oxygens (including phenoxy) is 3. The highest BCUT2D eigenvalue weighted by atomic mass is 79.9. The number of aromatic hydroxyl groups is 2. The average molecular weight is 1040 g/mol. The number of piperidine rings is 2. The fourth-order valence-corrected chi connectivity index (χ4v) is 15.8. The van der Waals surface area contributed by atoms with E-state index in [-0.39, 0.29) is 69.9 Å². The molecule has 65 heavy (non-hydrogen) atoms. The molecule has 2 heterocycles. The van der Waals surface area contributed by atoms with Gasteiger partial charge in [0.1, 0.15) is 5.75 Å². The first-order chi connectivity index (χ1) is 31.1. The van der Waals surface area contributed by atoms with E-state index in [4.69, 9.17) is 14.2 Å². The molecule has 2 aliphatic heterocycles. The van der Waals surface area contributed by atoms with Crippen LogP contribution in [0.3, 0.4) is 0 Å². The molecule has 0 amide bonds. The predicted octanol–water partition coefficient (Wildman–Crippen LogP) is 10.4. The number of thioether (sulfide) groups is 2. The lowest BCUT2D eigenvalue weighted by Gasteiger charge is -2.59. The highest BCUT2D eigenvalue weighted by molar-refractivity contribution is 9.10. The smallest absolute Gasteiger partial charge is 0.308 e.